The van der Waals surface area contributed by atoms with Gasteiger partial charge in [-0.05, 0) is 24.5 Å². The number of hydrogen-bond donors (Lipinski definition) is 2. The SMILES string of the molecule is COc1ccc2c(c1F)C(=O)N(CC1(C#CC3=CC=C(CN4CCOCC4)CC3)NC(=O)NC1=O)C2. The van der Waals surface area contributed by atoms with Gasteiger partial charge in [-0.2, -0.15) is 0 Å². The van der Waals surface area contributed by atoms with Crippen LogP contribution in [0.2, 0.25) is 0 Å². The summed E-state index contributed by atoms with van der Waals surface area (Å²) in [5.74, 6) is 3.98. The Kier molecular flexibility index (Phi) is 6.51. The maximum atomic E-state index is 14.7. The van der Waals surface area contributed by atoms with E-state index in [0.717, 1.165) is 44.8 Å². The third-order valence-electron chi connectivity index (χ3n) is 6.85. The molecule has 3 aliphatic heterocycles. The smallest absolute Gasteiger partial charge is 0.323 e. The lowest BCUT2D eigenvalue weighted by Gasteiger charge is -2.28. The summed E-state index contributed by atoms with van der Waals surface area (Å²) in [5.41, 5.74) is 0.908. The number of carbonyl (C=O) groups is 3. The van der Waals surface area contributed by atoms with Crippen LogP contribution >= 0.6 is 0 Å². The summed E-state index contributed by atoms with van der Waals surface area (Å²) in [6.45, 7) is 4.11. The van der Waals surface area contributed by atoms with E-state index >= 15 is 0 Å². The third kappa shape index (κ3) is 4.59. The van der Waals surface area contributed by atoms with Crippen molar-refractivity contribution >= 4 is 17.8 Å². The molecule has 188 valence electrons. The lowest BCUT2D eigenvalue weighted by molar-refractivity contribution is -0.122. The highest BCUT2D eigenvalue weighted by Gasteiger charge is 2.48. The molecular weight excluding hydrogens is 467 g/mol. The number of fused-ring (bicyclic) bond motifs is 1. The minimum absolute atomic E-state index is 0.0318. The average molecular weight is 495 g/mol. The van der Waals surface area contributed by atoms with Gasteiger partial charge in [0.05, 0.1) is 32.4 Å². The number of carbonyl (C=O) groups excluding carboxylic acids is 3. The minimum Gasteiger partial charge on any atom is -0.494 e. The Hall–Kier alpha value is -3.68. The quantitative estimate of drug-likeness (QED) is 0.474. The third-order valence-corrected chi connectivity index (χ3v) is 6.85. The monoisotopic (exact) mass is 494 g/mol. The van der Waals surface area contributed by atoms with Crippen LogP contribution < -0.4 is 15.4 Å². The Labute approximate surface area is 208 Å². The van der Waals surface area contributed by atoms with Crippen LogP contribution in [0.3, 0.4) is 0 Å². The van der Waals surface area contributed by atoms with Crippen molar-refractivity contribution < 1.29 is 28.2 Å². The Morgan fingerprint density at radius 2 is 1.97 bits per heavy atom. The highest BCUT2D eigenvalue weighted by atomic mass is 19.1. The maximum Gasteiger partial charge on any atom is 0.323 e. The van der Waals surface area contributed by atoms with Crippen LogP contribution in [0.15, 0.2) is 35.4 Å². The van der Waals surface area contributed by atoms with Gasteiger partial charge in [-0.15, -0.1) is 0 Å². The summed E-state index contributed by atoms with van der Waals surface area (Å²) in [6.07, 6.45) is 5.56. The predicted molar refractivity (Wildman–Crippen MR) is 128 cm³/mol. The number of imide groups is 1. The zero-order valence-corrected chi connectivity index (χ0v) is 20.0. The van der Waals surface area contributed by atoms with Crippen molar-refractivity contribution in [2.75, 3.05) is 46.5 Å². The first-order chi connectivity index (χ1) is 17.4. The Morgan fingerprint density at radius 1 is 1.17 bits per heavy atom. The second kappa shape index (κ2) is 9.76. The van der Waals surface area contributed by atoms with Crippen LogP contribution in [0.5, 0.6) is 5.75 Å². The number of ether oxygens (including phenoxy) is 2. The van der Waals surface area contributed by atoms with E-state index in [2.05, 4.69) is 33.5 Å². The standard InChI is InChI=1S/C26H27FN4O5/c1-35-20-7-6-19-15-31(23(32)21(19)22(20)27)16-26(24(33)28-25(34)29-26)9-8-17-2-4-18(5-3-17)14-30-10-12-36-13-11-30/h2,4,6-7H,3,5,10-16H2,1H3,(H2,28,29,33,34). The van der Waals surface area contributed by atoms with E-state index in [1.165, 1.54) is 23.6 Å². The number of halogens is 1. The molecule has 1 aliphatic carbocycles. The number of nitrogens with one attached hydrogen (secondary N) is 2. The molecule has 0 radical (unpaired) electrons. The van der Waals surface area contributed by atoms with Gasteiger partial charge in [-0.3, -0.25) is 19.8 Å². The van der Waals surface area contributed by atoms with Gasteiger partial charge in [0, 0.05) is 31.8 Å². The molecule has 0 spiro atoms. The van der Waals surface area contributed by atoms with E-state index < -0.39 is 29.2 Å². The largest absolute Gasteiger partial charge is 0.494 e. The number of nitrogens with zero attached hydrogens (tertiary/aromatic N) is 2. The summed E-state index contributed by atoms with van der Waals surface area (Å²) in [5, 5.41) is 4.80. The Morgan fingerprint density at radius 3 is 2.64 bits per heavy atom. The lowest BCUT2D eigenvalue weighted by atomic mass is 9.95. The molecule has 2 fully saturated rings. The van der Waals surface area contributed by atoms with Crippen LogP contribution in [0.25, 0.3) is 0 Å². The van der Waals surface area contributed by atoms with Crippen molar-refractivity contribution in [2.45, 2.75) is 24.9 Å². The molecule has 3 heterocycles. The molecule has 0 saturated carbocycles. The predicted octanol–water partition coefficient (Wildman–Crippen LogP) is 1.35. The highest BCUT2D eigenvalue weighted by molar-refractivity contribution is 6.10. The van der Waals surface area contributed by atoms with E-state index in [0.29, 0.717) is 12.0 Å². The summed E-state index contributed by atoms with van der Waals surface area (Å²) >= 11 is 0. The zero-order valence-electron chi connectivity index (χ0n) is 20.0. The molecule has 2 N–H and O–H groups in total. The van der Waals surface area contributed by atoms with Crippen molar-refractivity contribution in [3.05, 3.63) is 52.4 Å². The van der Waals surface area contributed by atoms with Gasteiger partial charge in [0.2, 0.25) is 5.54 Å². The summed E-state index contributed by atoms with van der Waals surface area (Å²) in [6, 6.07) is 2.40. The molecule has 5 rings (SSSR count). The molecule has 9 nitrogen and oxygen atoms in total. The van der Waals surface area contributed by atoms with Crippen molar-refractivity contribution in [1.82, 2.24) is 20.4 Å². The Balaban J connectivity index is 1.34. The maximum absolute atomic E-state index is 14.7. The molecule has 4 aliphatic rings. The molecular formula is C26H27FN4O5. The van der Waals surface area contributed by atoms with E-state index in [1.54, 1.807) is 6.07 Å². The highest BCUT2D eigenvalue weighted by Crippen LogP contribution is 2.32. The fourth-order valence-corrected chi connectivity index (χ4v) is 4.85. The van der Waals surface area contributed by atoms with Gasteiger partial charge in [0.1, 0.15) is 0 Å². The van der Waals surface area contributed by atoms with Crippen LogP contribution in [0.1, 0.15) is 28.8 Å². The van der Waals surface area contributed by atoms with Crippen molar-refractivity contribution in [3.63, 3.8) is 0 Å². The lowest BCUT2D eigenvalue weighted by Crippen LogP contribution is -2.54. The molecule has 10 heteroatoms. The summed E-state index contributed by atoms with van der Waals surface area (Å²) in [7, 11) is 1.33. The summed E-state index contributed by atoms with van der Waals surface area (Å²) < 4.78 is 25.1. The van der Waals surface area contributed by atoms with Gasteiger partial charge in [-0.1, -0.05) is 35.6 Å². The molecule has 4 amide bonds. The number of amides is 4. The first kappa shape index (κ1) is 24.0. The topological polar surface area (TPSA) is 100 Å². The van der Waals surface area contributed by atoms with E-state index in [-0.39, 0.29) is 24.4 Å². The molecule has 2 saturated heterocycles. The number of hydrogen-bond acceptors (Lipinski definition) is 6. The van der Waals surface area contributed by atoms with Gasteiger partial charge in [0.15, 0.2) is 11.6 Å². The molecule has 1 aromatic rings. The van der Waals surface area contributed by atoms with Crippen LogP contribution in [0, 0.1) is 17.7 Å². The number of allylic oxidation sites excluding steroid dienone is 3. The number of benzene rings is 1. The number of rotatable bonds is 5. The van der Waals surface area contributed by atoms with E-state index in [1.807, 2.05) is 6.08 Å². The minimum atomic E-state index is -1.63. The molecule has 0 bridgehead atoms. The first-order valence-corrected chi connectivity index (χ1v) is 11.9. The number of methoxy groups -OCH3 is 1. The fraction of sp³-hybridized carbons (Fsp3) is 0.423. The zero-order chi connectivity index (χ0) is 25.3. The molecule has 1 atom stereocenters. The first-order valence-electron chi connectivity index (χ1n) is 11.9. The molecule has 1 unspecified atom stereocenters. The molecule has 36 heavy (non-hydrogen) atoms. The van der Waals surface area contributed by atoms with Gasteiger partial charge < -0.3 is 19.7 Å². The summed E-state index contributed by atoms with van der Waals surface area (Å²) in [4.78, 5) is 41.5. The second-order valence-electron chi connectivity index (χ2n) is 9.25. The van der Waals surface area contributed by atoms with Crippen LogP contribution in [-0.4, -0.2) is 79.7 Å². The van der Waals surface area contributed by atoms with Crippen LogP contribution in [0.4, 0.5) is 9.18 Å². The molecule has 1 aromatic carbocycles. The second-order valence-corrected chi connectivity index (χ2v) is 9.25. The molecule has 0 aromatic heterocycles. The number of morpholine rings is 1. The van der Waals surface area contributed by atoms with E-state index in [4.69, 9.17) is 9.47 Å². The van der Waals surface area contributed by atoms with E-state index in [9.17, 15) is 18.8 Å². The van der Waals surface area contributed by atoms with Crippen molar-refractivity contribution in [1.29, 1.82) is 0 Å². The number of urea groups is 1. The van der Waals surface area contributed by atoms with Crippen molar-refractivity contribution in [3.8, 4) is 17.6 Å². The normalized spacial score (nSPS) is 23.8. The van der Waals surface area contributed by atoms with Gasteiger partial charge >= 0.3 is 6.03 Å². The van der Waals surface area contributed by atoms with Crippen LogP contribution in [-0.2, 0) is 16.1 Å². The van der Waals surface area contributed by atoms with Gasteiger partial charge in [0.25, 0.3) is 11.8 Å². The average Bonchev–Trinajstić information content (AvgIpc) is 3.34. The van der Waals surface area contributed by atoms with Crippen molar-refractivity contribution in [2.24, 2.45) is 0 Å². The Bertz CT molecular complexity index is 1240. The van der Waals surface area contributed by atoms with Gasteiger partial charge in [-0.25, -0.2) is 9.18 Å². The fourth-order valence-electron chi connectivity index (χ4n) is 4.85.